The molecule has 2 heterocycles. The molecule has 0 saturated carbocycles. The SMILES string of the molecule is O=C(CN1C(=O)c2ccccc2C1=O)N1CCOC(c2ccc(Cl)cc2)C1. The minimum Gasteiger partial charge on any atom is -0.370 e. The first-order chi connectivity index (χ1) is 13.0. The Bertz CT molecular complexity index is 877. The van der Waals surface area contributed by atoms with Gasteiger partial charge < -0.3 is 9.64 Å². The molecule has 1 fully saturated rings. The fourth-order valence-electron chi connectivity index (χ4n) is 3.37. The smallest absolute Gasteiger partial charge is 0.262 e. The topological polar surface area (TPSA) is 66.9 Å². The van der Waals surface area contributed by atoms with Crippen molar-refractivity contribution in [3.63, 3.8) is 0 Å². The quantitative estimate of drug-likeness (QED) is 0.763. The predicted octanol–water partition coefficient (Wildman–Crippen LogP) is 2.54. The number of halogens is 1. The van der Waals surface area contributed by atoms with E-state index in [9.17, 15) is 14.4 Å². The Balaban J connectivity index is 1.45. The van der Waals surface area contributed by atoms with Gasteiger partial charge in [0.1, 0.15) is 12.6 Å². The number of carbonyl (C=O) groups excluding carboxylic acids is 3. The van der Waals surface area contributed by atoms with Gasteiger partial charge in [0.05, 0.1) is 24.3 Å². The van der Waals surface area contributed by atoms with E-state index in [1.54, 1.807) is 41.3 Å². The van der Waals surface area contributed by atoms with Gasteiger partial charge in [-0.25, -0.2) is 0 Å². The molecule has 0 aliphatic carbocycles. The van der Waals surface area contributed by atoms with E-state index in [0.29, 0.717) is 35.8 Å². The van der Waals surface area contributed by atoms with Gasteiger partial charge in [0.25, 0.3) is 11.8 Å². The Morgan fingerprint density at radius 3 is 2.30 bits per heavy atom. The molecule has 0 spiro atoms. The summed E-state index contributed by atoms with van der Waals surface area (Å²) in [4.78, 5) is 40.3. The molecule has 7 heteroatoms. The number of fused-ring (bicyclic) bond motifs is 1. The first-order valence-electron chi connectivity index (χ1n) is 8.64. The summed E-state index contributed by atoms with van der Waals surface area (Å²) in [7, 11) is 0. The van der Waals surface area contributed by atoms with Gasteiger partial charge in [-0.15, -0.1) is 0 Å². The van der Waals surface area contributed by atoms with Crippen molar-refractivity contribution in [2.45, 2.75) is 6.10 Å². The Kier molecular flexibility index (Phi) is 4.68. The van der Waals surface area contributed by atoms with E-state index in [-0.39, 0.29) is 18.6 Å². The number of hydrogen-bond donors (Lipinski definition) is 0. The lowest BCUT2D eigenvalue weighted by Gasteiger charge is -2.34. The summed E-state index contributed by atoms with van der Waals surface area (Å²) in [6.07, 6.45) is -0.262. The largest absolute Gasteiger partial charge is 0.370 e. The molecule has 0 aromatic heterocycles. The van der Waals surface area contributed by atoms with Gasteiger partial charge in [-0.3, -0.25) is 19.3 Å². The summed E-state index contributed by atoms with van der Waals surface area (Å²) in [6.45, 7) is 0.913. The van der Waals surface area contributed by atoms with Crippen molar-refractivity contribution in [2.75, 3.05) is 26.2 Å². The number of benzene rings is 2. The summed E-state index contributed by atoms with van der Waals surface area (Å²) in [5.74, 6) is -1.12. The van der Waals surface area contributed by atoms with Crippen molar-refractivity contribution in [3.05, 3.63) is 70.2 Å². The molecule has 1 unspecified atom stereocenters. The van der Waals surface area contributed by atoms with E-state index >= 15 is 0 Å². The van der Waals surface area contributed by atoms with Crippen molar-refractivity contribution in [1.29, 1.82) is 0 Å². The molecule has 2 aliphatic rings. The third kappa shape index (κ3) is 3.34. The molecule has 2 aromatic carbocycles. The van der Waals surface area contributed by atoms with Crippen molar-refractivity contribution in [3.8, 4) is 0 Å². The molecule has 1 saturated heterocycles. The number of amides is 3. The molecule has 0 N–H and O–H groups in total. The van der Waals surface area contributed by atoms with Crippen molar-refractivity contribution in [2.24, 2.45) is 0 Å². The van der Waals surface area contributed by atoms with Crippen molar-refractivity contribution in [1.82, 2.24) is 9.80 Å². The van der Waals surface area contributed by atoms with Crippen LogP contribution in [0.4, 0.5) is 0 Å². The van der Waals surface area contributed by atoms with E-state index in [1.807, 2.05) is 12.1 Å². The van der Waals surface area contributed by atoms with Gasteiger partial charge in [-0.2, -0.15) is 0 Å². The highest BCUT2D eigenvalue weighted by atomic mass is 35.5. The Morgan fingerprint density at radius 1 is 1.04 bits per heavy atom. The molecule has 1 atom stereocenters. The standard InChI is InChI=1S/C20H17ClN2O4/c21-14-7-5-13(6-8-14)17-11-22(9-10-27-17)18(24)12-23-19(25)15-3-1-2-4-16(15)20(23)26/h1-8,17H,9-12H2. The highest BCUT2D eigenvalue weighted by molar-refractivity contribution is 6.30. The summed E-state index contributed by atoms with van der Waals surface area (Å²) in [6, 6.07) is 13.9. The van der Waals surface area contributed by atoms with E-state index in [0.717, 1.165) is 10.5 Å². The van der Waals surface area contributed by atoms with E-state index < -0.39 is 11.8 Å². The molecule has 2 aliphatic heterocycles. The van der Waals surface area contributed by atoms with Crippen molar-refractivity contribution >= 4 is 29.3 Å². The summed E-state index contributed by atoms with van der Waals surface area (Å²) >= 11 is 5.92. The summed E-state index contributed by atoms with van der Waals surface area (Å²) in [5.41, 5.74) is 1.62. The zero-order valence-corrected chi connectivity index (χ0v) is 15.2. The highest BCUT2D eigenvalue weighted by Crippen LogP contribution is 2.25. The normalized spacial score (nSPS) is 19.4. The molecular formula is C20H17ClN2O4. The second kappa shape index (κ2) is 7.13. The Morgan fingerprint density at radius 2 is 1.67 bits per heavy atom. The van der Waals surface area contributed by atoms with Gasteiger partial charge in [-0.05, 0) is 29.8 Å². The fraction of sp³-hybridized carbons (Fsp3) is 0.250. The zero-order chi connectivity index (χ0) is 19.0. The first-order valence-corrected chi connectivity index (χ1v) is 9.02. The second-order valence-corrected chi connectivity index (χ2v) is 6.93. The lowest BCUT2D eigenvalue weighted by molar-refractivity contribution is -0.139. The van der Waals surface area contributed by atoms with Gasteiger partial charge in [0, 0.05) is 11.6 Å². The van der Waals surface area contributed by atoms with Crippen LogP contribution in [0.2, 0.25) is 5.02 Å². The lowest BCUT2D eigenvalue weighted by Crippen LogP contribution is -2.47. The molecule has 4 rings (SSSR count). The van der Waals surface area contributed by atoms with Crippen molar-refractivity contribution < 1.29 is 19.1 Å². The maximum Gasteiger partial charge on any atom is 0.262 e. The van der Waals surface area contributed by atoms with Crippen LogP contribution >= 0.6 is 11.6 Å². The van der Waals surface area contributed by atoms with Gasteiger partial charge in [0.15, 0.2) is 0 Å². The Labute approximate surface area is 161 Å². The number of carbonyl (C=O) groups is 3. The molecule has 0 bridgehead atoms. The molecule has 6 nitrogen and oxygen atoms in total. The minimum atomic E-state index is -0.425. The van der Waals surface area contributed by atoms with Crippen LogP contribution in [0.15, 0.2) is 48.5 Å². The highest BCUT2D eigenvalue weighted by Gasteiger charge is 2.37. The first kappa shape index (κ1) is 17.7. The summed E-state index contributed by atoms with van der Waals surface area (Å²) < 4.78 is 5.76. The molecule has 3 amide bonds. The van der Waals surface area contributed by atoms with Crippen LogP contribution in [0.5, 0.6) is 0 Å². The molecule has 0 radical (unpaired) electrons. The maximum atomic E-state index is 12.7. The number of morpholine rings is 1. The minimum absolute atomic E-state index is 0.262. The number of hydrogen-bond acceptors (Lipinski definition) is 4. The third-order valence-corrected chi connectivity index (χ3v) is 5.08. The molecular weight excluding hydrogens is 368 g/mol. The van der Waals surface area contributed by atoms with Crippen LogP contribution in [-0.4, -0.2) is 53.8 Å². The van der Waals surface area contributed by atoms with E-state index in [4.69, 9.17) is 16.3 Å². The number of ether oxygens (including phenoxy) is 1. The maximum absolute atomic E-state index is 12.7. The fourth-order valence-corrected chi connectivity index (χ4v) is 3.50. The van der Waals surface area contributed by atoms with Crippen LogP contribution in [0.1, 0.15) is 32.4 Å². The van der Waals surface area contributed by atoms with E-state index in [1.165, 1.54) is 0 Å². The Hall–Kier alpha value is -2.70. The number of nitrogens with zero attached hydrogens (tertiary/aromatic N) is 2. The average molecular weight is 385 g/mol. The van der Waals surface area contributed by atoms with Crippen LogP contribution in [-0.2, 0) is 9.53 Å². The van der Waals surface area contributed by atoms with Crippen LogP contribution in [0.3, 0.4) is 0 Å². The van der Waals surface area contributed by atoms with Crippen LogP contribution in [0, 0.1) is 0 Å². The molecule has 2 aromatic rings. The lowest BCUT2D eigenvalue weighted by atomic mass is 10.1. The molecule has 27 heavy (non-hydrogen) atoms. The molecule has 138 valence electrons. The van der Waals surface area contributed by atoms with Crippen LogP contribution < -0.4 is 0 Å². The van der Waals surface area contributed by atoms with E-state index in [2.05, 4.69) is 0 Å². The number of imide groups is 1. The zero-order valence-electron chi connectivity index (χ0n) is 14.4. The third-order valence-electron chi connectivity index (χ3n) is 4.83. The monoisotopic (exact) mass is 384 g/mol. The average Bonchev–Trinajstić information content (AvgIpc) is 2.94. The van der Waals surface area contributed by atoms with Gasteiger partial charge in [0.2, 0.25) is 5.91 Å². The summed E-state index contributed by atoms with van der Waals surface area (Å²) in [5, 5.41) is 0.633. The second-order valence-electron chi connectivity index (χ2n) is 6.49. The number of rotatable bonds is 3. The van der Waals surface area contributed by atoms with Gasteiger partial charge in [-0.1, -0.05) is 35.9 Å². The van der Waals surface area contributed by atoms with Crippen LogP contribution in [0.25, 0.3) is 0 Å². The predicted molar refractivity (Wildman–Crippen MR) is 98.5 cm³/mol. The van der Waals surface area contributed by atoms with Gasteiger partial charge >= 0.3 is 0 Å².